The quantitative estimate of drug-likeness (QED) is 0.626. The zero-order chi connectivity index (χ0) is 21.1. The molecule has 1 aliphatic heterocycles. The van der Waals surface area contributed by atoms with E-state index >= 15 is 0 Å². The van der Waals surface area contributed by atoms with Gasteiger partial charge in [0.15, 0.2) is 0 Å². The SMILES string of the molecule is COC(=O)C1=C(Nc2c(Cl)cccc2-c2cccc(C)c2O)C(=O)N(CCO)C1. The van der Waals surface area contributed by atoms with Crippen LogP contribution < -0.4 is 5.32 Å². The molecule has 1 aliphatic rings. The number of hydrogen-bond acceptors (Lipinski definition) is 6. The Balaban J connectivity index is 2.11. The highest BCUT2D eigenvalue weighted by atomic mass is 35.5. The molecule has 2 aromatic carbocycles. The van der Waals surface area contributed by atoms with Crippen molar-refractivity contribution in [2.24, 2.45) is 0 Å². The number of anilines is 1. The molecular formula is C21H21ClN2O5. The number of aromatic hydroxyl groups is 1. The van der Waals surface area contributed by atoms with E-state index in [1.165, 1.54) is 12.0 Å². The molecule has 7 nitrogen and oxygen atoms in total. The summed E-state index contributed by atoms with van der Waals surface area (Å²) in [5.41, 5.74) is 2.36. The highest BCUT2D eigenvalue weighted by Crippen LogP contribution is 2.40. The molecular weight excluding hydrogens is 396 g/mol. The minimum atomic E-state index is -0.645. The number of carbonyl (C=O) groups is 2. The number of nitrogens with zero attached hydrogens (tertiary/aromatic N) is 1. The van der Waals surface area contributed by atoms with Crippen LogP contribution in [0.25, 0.3) is 11.1 Å². The first-order valence-electron chi connectivity index (χ1n) is 8.95. The lowest BCUT2D eigenvalue weighted by Gasteiger charge is -2.18. The molecule has 29 heavy (non-hydrogen) atoms. The van der Waals surface area contributed by atoms with Gasteiger partial charge in [-0.1, -0.05) is 41.9 Å². The van der Waals surface area contributed by atoms with Crippen LogP contribution in [0.1, 0.15) is 5.56 Å². The van der Waals surface area contributed by atoms with Gasteiger partial charge in [0.2, 0.25) is 0 Å². The van der Waals surface area contributed by atoms with Crippen molar-refractivity contribution in [1.29, 1.82) is 0 Å². The van der Waals surface area contributed by atoms with Crippen LogP contribution in [0, 0.1) is 6.92 Å². The number of nitrogens with one attached hydrogen (secondary N) is 1. The number of hydrogen-bond donors (Lipinski definition) is 3. The summed E-state index contributed by atoms with van der Waals surface area (Å²) in [6, 6.07) is 10.5. The number of para-hydroxylation sites is 2. The first kappa shape index (κ1) is 20.7. The Bertz CT molecular complexity index is 1000. The van der Waals surface area contributed by atoms with E-state index < -0.39 is 11.9 Å². The first-order valence-corrected chi connectivity index (χ1v) is 9.33. The topological polar surface area (TPSA) is 99.1 Å². The fourth-order valence-corrected chi connectivity index (χ4v) is 3.45. The molecule has 0 unspecified atom stereocenters. The van der Waals surface area contributed by atoms with Gasteiger partial charge in [-0.3, -0.25) is 4.79 Å². The van der Waals surface area contributed by atoms with E-state index in [0.29, 0.717) is 27.4 Å². The Morgan fingerprint density at radius 3 is 2.62 bits per heavy atom. The number of esters is 1. The molecule has 0 atom stereocenters. The second kappa shape index (κ2) is 8.55. The second-order valence-electron chi connectivity index (χ2n) is 6.55. The van der Waals surface area contributed by atoms with Gasteiger partial charge < -0.3 is 25.2 Å². The summed E-state index contributed by atoms with van der Waals surface area (Å²) in [5, 5.41) is 23.0. The molecule has 0 saturated heterocycles. The van der Waals surface area contributed by atoms with Crippen LogP contribution in [-0.2, 0) is 14.3 Å². The summed E-state index contributed by atoms with van der Waals surface area (Å²) in [4.78, 5) is 26.4. The molecule has 0 fully saturated rings. The van der Waals surface area contributed by atoms with E-state index in [0.717, 1.165) is 0 Å². The lowest BCUT2D eigenvalue weighted by atomic mass is 10.00. The number of phenolic OH excluding ortho intramolecular Hbond substituents is 1. The van der Waals surface area contributed by atoms with E-state index in [1.54, 1.807) is 43.3 Å². The van der Waals surface area contributed by atoms with Crippen molar-refractivity contribution in [3.63, 3.8) is 0 Å². The number of benzene rings is 2. The molecule has 8 heteroatoms. The Morgan fingerprint density at radius 1 is 1.24 bits per heavy atom. The summed E-state index contributed by atoms with van der Waals surface area (Å²) >= 11 is 6.41. The van der Waals surface area contributed by atoms with Crippen molar-refractivity contribution in [2.75, 3.05) is 32.1 Å². The second-order valence-corrected chi connectivity index (χ2v) is 6.96. The predicted octanol–water partition coefficient (Wildman–Crippen LogP) is 2.69. The van der Waals surface area contributed by atoms with E-state index in [1.807, 2.05) is 0 Å². The highest BCUT2D eigenvalue weighted by molar-refractivity contribution is 6.34. The van der Waals surface area contributed by atoms with Crippen LogP contribution >= 0.6 is 11.6 Å². The van der Waals surface area contributed by atoms with Crippen LogP contribution in [0.15, 0.2) is 47.7 Å². The maximum absolute atomic E-state index is 12.8. The van der Waals surface area contributed by atoms with Crippen molar-refractivity contribution in [3.05, 3.63) is 58.3 Å². The Hall–Kier alpha value is -3.03. The molecule has 2 aromatic rings. The van der Waals surface area contributed by atoms with Gasteiger partial charge in [-0.05, 0) is 18.6 Å². The average Bonchev–Trinajstić information content (AvgIpc) is 3.01. The van der Waals surface area contributed by atoms with E-state index in [-0.39, 0.29) is 36.7 Å². The summed E-state index contributed by atoms with van der Waals surface area (Å²) in [5.74, 6) is -0.994. The number of aliphatic hydroxyl groups excluding tert-OH is 1. The van der Waals surface area contributed by atoms with Gasteiger partial charge in [-0.25, -0.2) is 4.79 Å². The Kier molecular flexibility index (Phi) is 6.10. The summed E-state index contributed by atoms with van der Waals surface area (Å²) in [6.45, 7) is 1.64. The van der Waals surface area contributed by atoms with Crippen molar-refractivity contribution in [3.8, 4) is 16.9 Å². The zero-order valence-corrected chi connectivity index (χ0v) is 16.8. The zero-order valence-electron chi connectivity index (χ0n) is 16.0. The summed E-state index contributed by atoms with van der Waals surface area (Å²) in [6.07, 6.45) is 0. The number of phenols is 1. The minimum Gasteiger partial charge on any atom is -0.507 e. The van der Waals surface area contributed by atoms with Crippen molar-refractivity contribution in [2.45, 2.75) is 6.92 Å². The van der Waals surface area contributed by atoms with E-state index in [2.05, 4.69) is 5.32 Å². The first-order chi connectivity index (χ1) is 13.9. The van der Waals surface area contributed by atoms with Crippen LogP contribution in [-0.4, -0.2) is 53.8 Å². The molecule has 0 radical (unpaired) electrons. The largest absolute Gasteiger partial charge is 0.507 e. The summed E-state index contributed by atoms with van der Waals surface area (Å²) < 4.78 is 4.81. The number of amides is 1. The van der Waals surface area contributed by atoms with Crippen LogP contribution in [0.2, 0.25) is 5.02 Å². The monoisotopic (exact) mass is 416 g/mol. The van der Waals surface area contributed by atoms with Crippen LogP contribution in [0.3, 0.4) is 0 Å². The number of carbonyl (C=O) groups excluding carboxylic acids is 2. The number of ether oxygens (including phenoxy) is 1. The normalized spacial score (nSPS) is 13.8. The van der Waals surface area contributed by atoms with E-state index in [9.17, 15) is 19.8 Å². The fraction of sp³-hybridized carbons (Fsp3) is 0.238. The number of halogens is 1. The number of rotatable bonds is 6. The van der Waals surface area contributed by atoms with Gasteiger partial charge >= 0.3 is 5.97 Å². The van der Waals surface area contributed by atoms with Crippen LogP contribution in [0.4, 0.5) is 5.69 Å². The standard InChI is InChI=1S/C21H21ClN2O5/c1-12-5-3-7-14(19(12)26)13-6-4-8-16(22)17(13)23-18-15(21(28)29-2)11-24(9-10-25)20(18)27/h3-8,23,25-26H,9-11H2,1-2H3. The third-order valence-corrected chi connectivity index (χ3v) is 5.06. The molecule has 1 heterocycles. The van der Waals surface area contributed by atoms with E-state index in [4.69, 9.17) is 16.3 Å². The highest BCUT2D eigenvalue weighted by Gasteiger charge is 2.35. The molecule has 0 aromatic heterocycles. The fourth-order valence-electron chi connectivity index (χ4n) is 3.23. The smallest absolute Gasteiger partial charge is 0.337 e. The molecule has 3 rings (SSSR count). The predicted molar refractivity (Wildman–Crippen MR) is 110 cm³/mol. The maximum Gasteiger partial charge on any atom is 0.337 e. The number of methoxy groups -OCH3 is 1. The molecule has 1 amide bonds. The van der Waals surface area contributed by atoms with Crippen molar-refractivity contribution in [1.82, 2.24) is 4.90 Å². The lowest BCUT2D eigenvalue weighted by Crippen LogP contribution is -2.31. The Morgan fingerprint density at radius 2 is 1.93 bits per heavy atom. The molecule has 0 saturated carbocycles. The third-order valence-electron chi connectivity index (χ3n) is 4.75. The van der Waals surface area contributed by atoms with Crippen LogP contribution in [0.5, 0.6) is 5.75 Å². The molecule has 0 bridgehead atoms. The number of β-amino-alcohol motifs (C(OH)–C–C–N with tert-alkyl or cyclic N) is 1. The van der Waals surface area contributed by atoms with Gasteiger partial charge in [0, 0.05) is 17.7 Å². The van der Waals surface area contributed by atoms with Gasteiger partial charge in [-0.15, -0.1) is 0 Å². The van der Waals surface area contributed by atoms with Crippen molar-refractivity contribution >= 4 is 29.2 Å². The molecule has 0 aliphatic carbocycles. The number of aryl methyl sites for hydroxylation is 1. The minimum absolute atomic E-state index is 0.0177. The van der Waals surface area contributed by atoms with Gasteiger partial charge in [0.1, 0.15) is 11.4 Å². The lowest BCUT2D eigenvalue weighted by molar-refractivity contribution is -0.136. The van der Waals surface area contributed by atoms with Gasteiger partial charge in [0.25, 0.3) is 5.91 Å². The molecule has 3 N–H and O–H groups in total. The Labute approximate surface area is 173 Å². The number of aliphatic hydroxyl groups is 1. The van der Waals surface area contributed by atoms with Crippen molar-refractivity contribution < 1.29 is 24.5 Å². The molecule has 0 spiro atoms. The maximum atomic E-state index is 12.8. The van der Waals surface area contributed by atoms with Gasteiger partial charge in [0.05, 0.1) is 36.5 Å². The average molecular weight is 417 g/mol. The summed E-state index contributed by atoms with van der Waals surface area (Å²) in [7, 11) is 1.23. The van der Waals surface area contributed by atoms with Gasteiger partial charge in [-0.2, -0.15) is 0 Å². The third kappa shape index (κ3) is 3.92. The molecule has 152 valence electrons.